The number of piperidine rings is 1. The molecule has 0 spiro atoms. The molecular formula is C23H29N3O4S. The first-order chi connectivity index (χ1) is 14.7. The van der Waals surface area contributed by atoms with Crippen molar-refractivity contribution in [3.05, 3.63) is 59.7 Å². The van der Waals surface area contributed by atoms with Crippen molar-refractivity contribution in [2.45, 2.75) is 31.6 Å². The minimum Gasteiger partial charge on any atom is -0.332 e. The molecule has 1 aliphatic rings. The number of carbonyl (C=O) groups excluding carboxylic acids is 2. The summed E-state index contributed by atoms with van der Waals surface area (Å²) in [6.45, 7) is 4.93. The molecule has 2 aromatic rings. The van der Waals surface area contributed by atoms with E-state index in [1.165, 1.54) is 40.5 Å². The average Bonchev–Trinajstić information content (AvgIpc) is 2.75. The molecule has 1 saturated heterocycles. The van der Waals surface area contributed by atoms with Crippen LogP contribution in [-0.4, -0.2) is 56.1 Å². The van der Waals surface area contributed by atoms with E-state index in [1.54, 1.807) is 12.1 Å². The number of aryl methyl sites for hydroxylation is 1. The van der Waals surface area contributed by atoms with E-state index in [1.807, 2.05) is 26.0 Å². The Kier molecular flexibility index (Phi) is 7.12. The first kappa shape index (κ1) is 23.0. The molecule has 1 heterocycles. The van der Waals surface area contributed by atoms with E-state index in [0.29, 0.717) is 30.3 Å². The van der Waals surface area contributed by atoms with Crippen LogP contribution >= 0.6 is 0 Å². The molecule has 3 rings (SSSR count). The highest BCUT2D eigenvalue weighted by Gasteiger charge is 2.28. The van der Waals surface area contributed by atoms with Gasteiger partial charge in [-0.05, 0) is 62.1 Å². The zero-order valence-corrected chi connectivity index (χ0v) is 19.0. The third-order valence-electron chi connectivity index (χ3n) is 5.42. The highest BCUT2D eigenvalue weighted by molar-refractivity contribution is 7.89. The summed E-state index contributed by atoms with van der Waals surface area (Å²) in [4.78, 5) is 26.4. The van der Waals surface area contributed by atoms with Gasteiger partial charge in [0.2, 0.25) is 15.9 Å². The maximum atomic E-state index is 12.9. The van der Waals surface area contributed by atoms with E-state index in [2.05, 4.69) is 5.32 Å². The number of anilines is 1. The molecule has 1 aliphatic heterocycles. The van der Waals surface area contributed by atoms with Crippen LogP contribution in [0, 0.1) is 12.8 Å². The highest BCUT2D eigenvalue weighted by atomic mass is 32.2. The molecule has 0 radical (unpaired) electrons. The third-order valence-corrected chi connectivity index (χ3v) is 7.30. The number of carbonyl (C=O) groups is 2. The molecule has 31 heavy (non-hydrogen) atoms. The number of hydrogen-bond donors (Lipinski definition) is 1. The SMILES string of the molecule is Cc1ccc(NC(=O)CN(C)C(=O)c2ccc(S(=O)(=O)N3CCC[C@@H](C)C3)cc2)cc1. The molecule has 0 aromatic heterocycles. The van der Waals surface area contributed by atoms with Gasteiger partial charge in [-0.25, -0.2) is 8.42 Å². The lowest BCUT2D eigenvalue weighted by atomic mass is 10.0. The third kappa shape index (κ3) is 5.71. The lowest BCUT2D eigenvalue weighted by Gasteiger charge is -2.30. The van der Waals surface area contributed by atoms with Crippen molar-refractivity contribution in [2.75, 3.05) is 32.0 Å². The van der Waals surface area contributed by atoms with Crippen molar-refractivity contribution >= 4 is 27.5 Å². The standard InChI is InChI=1S/C23H29N3O4S/c1-17-6-10-20(11-7-17)24-22(27)16-25(3)23(28)19-8-12-21(13-9-19)31(29,30)26-14-4-5-18(2)15-26/h6-13,18H,4-5,14-16H2,1-3H3,(H,24,27)/t18-/m1/s1. The van der Waals surface area contributed by atoms with Crippen LogP contribution in [0.15, 0.2) is 53.4 Å². The van der Waals surface area contributed by atoms with Gasteiger partial charge in [-0.1, -0.05) is 24.6 Å². The molecular weight excluding hydrogens is 414 g/mol. The summed E-state index contributed by atoms with van der Waals surface area (Å²) in [6.07, 6.45) is 1.88. The Bertz CT molecular complexity index is 1030. The number of amides is 2. The van der Waals surface area contributed by atoms with Crippen LogP contribution in [-0.2, 0) is 14.8 Å². The number of likely N-dealkylation sites (N-methyl/N-ethyl adjacent to an activating group) is 1. The van der Waals surface area contributed by atoms with Crippen molar-refractivity contribution in [3.63, 3.8) is 0 Å². The summed E-state index contributed by atoms with van der Waals surface area (Å²) in [5.41, 5.74) is 2.08. The minimum absolute atomic E-state index is 0.113. The van der Waals surface area contributed by atoms with Crippen LogP contribution in [0.5, 0.6) is 0 Å². The van der Waals surface area contributed by atoms with E-state index in [9.17, 15) is 18.0 Å². The van der Waals surface area contributed by atoms with Gasteiger partial charge < -0.3 is 10.2 Å². The Labute approximate surface area is 184 Å². The van der Waals surface area contributed by atoms with Crippen LogP contribution in [0.1, 0.15) is 35.7 Å². The van der Waals surface area contributed by atoms with E-state index in [0.717, 1.165) is 18.4 Å². The average molecular weight is 444 g/mol. The summed E-state index contributed by atoms with van der Waals surface area (Å²) in [5.74, 6) is -0.322. The van der Waals surface area contributed by atoms with Gasteiger partial charge in [0.1, 0.15) is 0 Å². The van der Waals surface area contributed by atoms with Crippen LogP contribution in [0.2, 0.25) is 0 Å². The highest BCUT2D eigenvalue weighted by Crippen LogP contribution is 2.23. The Morgan fingerprint density at radius 1 is 1.10 bits per heavy atom. The molecule has 0 unspecified atom stereocenters. The quantitative estimate of drug-likeness (QED) is 0.743. The first-order valence-corrected chi connectivity index (χ1v) is 11.8. The zero-order chi connectivity index (χ0) is 22.6. The summed E-state index contributed by atoms with van der Waals surface area (Å²) in [7, 11) is -2.03. The molecule has 1 fully saturated rings. The van der Waals surface area contributed by atoms with E-state index >= 15 is 0 Å². The van der Waals surface area contributed by atoms with Gasteiger partial charge in [-0.15, -0.1) is 0 Å². The van der Waals surface area contributed by atoms with Gasteiger partial charge in [0, 0.05) is 31.4 Å². The van der Waals surface area contributed by atoms with Crippen LogP contribution < -0.4 is 5.32 Å². The minimum atomic E-state index is -3.57. The van der Waals surface area contributed by atoms with Crippen molar-refractivity contribution < 1.29 is 18.0 Å². The van der Waals surface area contributed by atoms with Crippen molar-refractivity contribution in [3.8, 4) is 0 Å². The normalized spacial score (nSPS) is 17.2. The first-order valence-electron chi connectivity index (χ1n) is 10.4. The molecule has 0 aliphatic carbocycles. The number of rotatable bonds is 6. The van der Waals surface area contributed by atoms with Crippen LogP contribution in [0.3, 0.4) is 0 Å². The van der Waals surface area contributed by atoms with Gasteiger partial charge in [-0.2, -0.15) is 4.31 Å². The second-order valence-electron chi connectivity index (χ2n) is 8.21. The monoisotopic (exact) mass is 443 g/mol. The fourth-order valence-corrected chi connectivity index (χ4v) is 5.23. The molecule has 166 valence electrons. The zero-order valence-electron chi connectivity index (χ0n) is 18.2. The van der Waals surface area contributed by atoms with Gasteiger partial charge in [0.15, 0.2) is 0 Å². The Hall–Kier alpha value is -2.71. The fourth-order valence-electron chi connectivity index (χ4n) is 3.63. The number of benzene rings is 2. The molecule has 2 amide bonds. The molecule has 0 saturated carbocycles. The molecule has 2 aromatic carbocycles. The van der Waals surface area contributed by atoms with Gasteiger partial charge in [-0.3, -0.25) is 9.59 Å². The lowest BCUT2D eigenvalue weighted by molar-refractivity contribution is -0.116. The van der Waals surface area contributed by atoms with Gasteiger partial charge in [0.05, 0.1) is 11.4 Å². The van der Waals surface area contributed by atoms with Crippen molar-refractivity contribution in [2.24, 2.45) is 5.92 Å². The number of hydrogen-bond acceptors (Lipinski definition) is 4. The topological polar surface area (TPSA) is 86.8 Å². The Morgan fingerprint density at radius 3 is 2.35 bits per heavy atom. The largest absolute Gasteiger partial charge is 0.332 e. The second kappa shape index (κ2) is 9.62. The van der Waals surface area contributed by atoms with Crippen molar-refractivity contribution in [1.29, 1.82) is 0 Å². The number of nitrogens with zero attached hydrogens (tertiary/aromatic N) is 2. The number of nitrogens with one attached hydrogen (secondary N) is 1. The second-order valence-corrected chi connectivity index (χ2v) is 10.1. The van der Waals surface area contributed by atoms with E-state index in [-0.39, 0.29) is 23.3 Å². The van der Waals surface area contributed by atoms with Crippen LogP contribution in [0.4, 0.5) is 5.69 Å². The van der Waals surface area contributed by atoms with E-state index < -0.39 is 10.0 Å². The smallest absolute Gasteiger partial charge is 0.254 e. The molecule has 1 atom stereocenters. The number of sulfonamides is 1. The summed E-state index contributed by atoms with van der Waals surface area (Å²) >= 11 is 0. The summed E-state index contributed by atoms with van der Waals surface area (Å²) in [6, 6.07) is 13.3. The predicted octanol–water partition coefficient (Wildman–Crippen LogP) is 3.13. The Balaban J connectivity index is 1.62. The summed E-state index contributed by atoms with van der Waals surface area (Å²) < 4.78 is 27.2. The van der Waals surface area contributed by atoms with Gasteiger partial charge >= 0.3 is 0 Å². The maximum absolute atomic E-state index is 12.9. The predicted molar refractivity (Wildman–Crippen MR) is 120 cm³/mol. The molecule has 8 heteroatoms. The van der Waals surface area contributed by atoms with Gasteiger partial charge in [0.25, 0.3) is 5.91 Å². The molecule has 1 N–H and O–H groups in total. The maximum Gasteiger partial charge on any atom is 0.254 e. The van der Waals surface area contributed by atoms with Crippen molar-refractivity contribution in [1.82, 2.24) is 9.21 Å². The molecule has 0 bridgehead atoms. The Morgan fingerprint density at radius 2 is 1.74 bits per heavy atom. The summed E-state index contributed by atoms with van der Waals surface area (Å²) in [5, 5.41) is 2.76. The van der Waals surface area contributed by atoms with Crippen LogP contribution in [0.25, 0.3) is 0 Å². The molecule has 7 nitrogen and oxygen atoms in total. The fraction of sp³-hybridized carbons (Fsp3) is 0.391. The lowest BCUT2D eigenvalue weighted by Crippen LogP contribution is -2.39. The van der Waals surface area contributed by atoms with E-state index in [4.69, 9.17) is 0 Å².